The molecule has 6 heteroatoms. The molecule has 0 aliphatic carbocycles. The van der Waals surface area contributed by atoms with E-state index >= 15 is 0 Å². The molecule has 1 aliphatic rings. The van der Waals surface area contributed by atoms with Crippen molar-refractivity contribution in [2.75, 3.05) is 13.8 Å². The van der Waals surface area contributed by atoms with Crippen LogP contribution in [0.15, 0.2) is 18.2 Å². The molecule has 1 amide bonds. The Morgan fingerprint density at radius 2 is 1.92 bits per heavy atom. The summed E-state index contributed by atoms with van der Waals surface area (Å²) in [5.41, 5.74) is 7.14. The smallest absolute Gasteiger partial charge is 0.238 e. The minimum atomic E-state index is -0.458. The highest BCUT2D eigenvalue weighted by atomic mass is 16.7. The summed E-state index contributed by atoms with van der Waals surface area (Å²) in [5.74, 6) is 1.90. The van der Waals surface area contributed by atoms with Crippen LogP contribution in [0.3, 0.4) is 0 Å². The first-order chi connectivity index (χ1) is 11.8. The largest absolute Gasteiger partial charge is 0.454 e. The fraction of sp³-hybridized carbons (Fsp3) is 0.632. The quantitative estimate of drug-likeness (QED) is 0.703. The summed E-state index contributed by atoms with van der Waals surface area (Å²) in [5, 5.41) is 3.01. The van der Waals surface area contributed by atoms with Crippen molar-refractivity contribution in [1.29, 1.82) is 0 Å². The molecule has 2 rings (SSSR count). The standard InChI is InChI=1S/C19H31N3O3/c1-12(2)8-16(20)19(23)21-14(4)22(5)13(3)9-15-6-7-17-18(10-15)25-11-24-17/h6-7,10,12-14,16H,8-9,11,20H2,1-5H3,(H,21,23). The maximum absolute atomic E-state index is 12.2. The number of likely N-dealkylation sites (N-methyl/N-ethyl adjacent to an activating group) is 1. The highest BCUT2D eigenvalue weighted by molar-refractivity contribution is 5.81. The number of hydrogen-bond acceptors (Lipinski definition) is 5. The molecule has 3 unspecified atom stereocenters. The molecular formula is C19H31N3O3. The van der Waals surface area contributed by atoms with Crippen molar-refractivity contribution in [2.45, 2.75) is 58.8 Å². The van der Waals surface area contributed by atoms with Crippen LogP contribution in [0.1, 0.15) is 39.7 Å². The van der Waals surface area contributed by atoms with E-state index in [9.17, 15) is 4.79 Å². The second kappa shape index (κ2) is 8.54. The number of amides is 1. The third-order valence-electron chi connectivity index (χ3n) is 4.69. The summed E-state index contributed by atoms with van der Waals surface area (Å²) < 4.78 is 10.8. The lowest BCUT2D eigenvalue weighted by molar-refractivity contribution is -0.124. The van der Waals surface area contributed by atoms with Gasteiger partial charge in [-0.15, -0.1) is 0 Å². The molecule has 1 aromatic rings. The van der Waals surface area contributed by atoms with Crippen molar-refractivity contribution in [3.8, 4) is 11.5 Å². The summed E-state index contributed by atoms with van der Waals surface area (Å²) in [7, 11) is 2.01. The summed E-state index contributed by atoms with van der Waals surface area (Å²) in [6.45, 7) is 8.54. The fourth-order valence-corrected chi connectivity index (χ4v) is 2.96. The van der Waals surface area contributed by atoms with Crippen LogP contribution in [0.2, 0.25) is 0 Å². The van der Waals surface area contributed by atoms with E-state index in [1.807, 2.05) is 26.1 Å². The van der Waals surface area contributed by atoms with E-state index < -0.39 is 6.04 Å². The van der Waals surface area contributed by atoms with Gasteiger partial charge in [-0.1, -0.05) is 19.9 Å². The number of carbonyl (C=O) groups is 1. The van der Waals surface area contributed by atoms with E-state index in [0.29, 0.717) is 12.3 Å². The third kappa shape index (κ3) is 5.34. The Balaban J connectivity index is 1.88. The van der Waals surface area contributed by atoms with Gasteiger partial charge in [0.25, 0.3) is 0 Å². The predicted octanol–water partition coefficient (Wildman–Crippen LogP) is 2.11. The van der Waals surface area contributed by atoms with Gasteiger partial charge in [-0.3, -0.25) is 9.69 Å². The summed E-state index contributed by atoms with van der Waals surface area (Å²) in [4.78, 5) is 14.4. The van der Waals surface area contributed by atoms with Crippen LogP contribution in [-0.4, -0.2) is 42.9 Å². The lowest BCUT2D eigenvalue weighted by Crippen LogP contribution is -2.52. The van der Waals surface area contributed by atoms with Crippen molar-refractivity contribution < 1.29 is 14.3 Å². The second-order valence-corrected chi connectivity index (χ2v) is 7.33. The Morgan fingerprint density at radius 3 is 2.60 bits per heavy atom. The maximum atomic E-state index is 12.2. The van der Waals surface area contributed by atoms with Gasteiger partial charge in [-0.05, 0) is 57.4 Å². The molecule has 0 fully saturated rings. The lowest BCUT2D eigenvalue weighted by atomic mass is 10.0. The first-order valence-corrected chi connectivity index (χ1v) is 8.94. The van der Waals surface area contributed by atoms with Gasteiger partial charge in [-0.25, -0.2) is 0 Å². The van der Waals surface area contributed by atoms with Gasteiger partial charge in [0.15, 0.2) is 11.5 Å². The summed E-state index contributed by atoms with van der Waals surface area (Å²) in [6, 6.07) is 5.81. The molecule has 3 N–H and O–H groups in total. The number of ether oxygens (including phenoxy) is 2. The van der Waals surface area contributed by atoms with E-state index in [1.54, 1.807) is 0 Å². The molecule has 6 nitrogen and oxygen atoms in total. The Morgan fingerprint density at radius 1 is 1.24 bits per heavy atom. The molecule has 0 bridgehead atoms. The Bertz CT molecular complexity index is 591. The van der Waals surface area contributed by atoms with Crippen LogP contribution >= 0.6 is 0 Å². The minimum Gasteiger partial charge on any atom is -0.454 e. The van der Waals surface area contributed by atoms with Crippen molar-refractivity contribution >= 4 is 5.91 Å². The van der Waals surface area contributed by atoms with E-state index in [0.717, 1.165) is 17.9 Å². The number of nitrogens with one attached hydrogen (secondary N) is 1. The predicted molar refractivity (Wildman–Crippen MR) is 98.5 cm³/mol. The number of rotatable bonds is 8. The van der Waals surface area contributed by atoms with E-state index in [-0.39, 0.29) is 24.9 Å². The Labute approximate surface area is 150 Å². The third-order valence-corrected chi connectivity index (χ3v) is 4.69. The van der Waals surface area contributed by atoms with Gasteiger partial charge in [0.2, 0.25) is 12.7 Å². The van der Waals surface area contributed by atoms with Crippen molar-refractivity contribution in [3.63, 3.8) is 0 Å². The van der Waals surface area contributed by atoms with Gasteiger partial charge in [0.1, 0.15) is 0 Å². The highest BCUT2D eigenvalue weighted by Crippen LogP contribution is 2.32. The van der Waals surface area contributed by atoms with Gasteiger partial charge < -0.3 is 20.5 Å². The normalized spacial score (nSPS) is 16.8. The van der Waals surface area contributed by atoms with Gasteiger partial charge in [0.05, 0.1) is 12.2 Å². The molecule has 0 radical (unpaired) electrons. The van der Waals surface area contributed by atoms with Crippen LogP contribution in [0.25, 0.3) is 0 Å². The van der Waals surface area contributed by atoms with Gasteiger partial charge in [0, 0.05) is 6.04 Å². The molecule has 0 saturated heterocycles. The number of carbonyl (C=O) groups excluding carboxylic acids is 1. The molecule has 0 aromatic heterocycles. The minimum absolute atomic E-state index is 0.0882. The lowest BCUT2D eigenvalue weighted by Gasteiger charge is -2.32. The molecule has 1 heterocycles. The number of benzene rings is 1. The van der Waals surface area contributed by atoms with E-state index in [4.69, 9.17) is 15.2 Å². The number of fused-ring (bicyclic) bond motifs is 1. The number of nitrogens with zero attached hydrogens (tertiary/aromatic N) is 1. The Hall–Kier alpha value is -1.79. The zero-order valence-electron chi connectivity index (χ0n) is 15.9. The van der Waals surface area contributed by atoms with Gasteiger partial charge >= 0.3 is 0 Å². The summed E-state index contributed by atoms with van der Waals surface area (Å²) >= 11 is 0. The number of hydrogen-bond donors (Lipinski definition) is 2. The van der Waals surface area contributed by atoms with Crippen LogP contribution in [0, 0.1) is 5.92 Å². The first-order valence-electron chi connectivity index (χ1n) is 8.94. The number of nitrogens with two attached hydrogens (primary N) is 1. The second-order valence-electron chi connectivity index (χ2n) is 7.33. The highest BCUT2D eigenvalue weighted by Gasteiger charge is 2.22. The van der Waals surface area contributed by atoms with Crippen LogP contribution in [0.4, 0.5) is 0 Å². The average Bonchev–Trinajstić information content (AvgIpc) is 3.00. The molecule has 0 spiro atoms. The molecule has 1 aromatic carbocycles. The SMILES string of the molecule is CC(C)CC(N)C(=O)NC(C)N(C)C(C)Cc1ccc2c(c1)OCO2. The monoisotopic (exact) mass is 349 g/mol. The Kier molecular flexibility index (Phi) is 6.67. The topological polar surface area (TPSA) is 76.8 Å². The first kappa shape index (κ1) is 19.5. The molecule has 3 atom stereocenters. The van der Waals surface area contributed by atoms with Gasteiger partial charge in [-0.2, -0.15) is 0 Å². The van der Waals surface area contributed by atoms with E-state index in [2.05, 4.69) is 37.1 Å². The maximum Gasteiger partial charge on any atom is 0.238 e. The fourth-order valence-electron chi connectivity index (χ4n) is 2.96. The zero-order chi connectivity index (χ0) is 18.6. The molecule has 1 aliphatic heterocycles. The van der Waals surface area contributed by atoms with Crippen LogP contribution < -0.4 is 20.5 Å². The van der Waals surface area contributed by atoms with Crippen molar-refractivity contribution in [2.24, 2.45) is 11.7 Å². The van der Waals surface area contributed by atoms with Crippen LogP contribution in [-0.2, 0) is 11.2 Å². The van der Waals surface area contributed by atoms with Crippen LogP contribution in [0.5, 0.6) is 11.5 Å². The molecule has 25 heavy (non-hydrogen) atoms. The molecular weight excluding hydrogens is 318 g/mol. The van der Waals surface area contributed by atoms with Crippen molar-refractivity contribution in [1.82, 2.24) is 10.2 Å². The average molecular weight is 349 g/mol. The molecule has 0 saturated carbocycles. The van der Waals surface area contributed by atoms with Crippen molar-refractivity contribution in [3.05, 3.63) is 23.8 Å². The summed E-state index contributed by atoms with van der Waals surface area (Å²) in [6.07, 6.45) is 1.45. The van der Waals surface area contributed by atoms with E-state index in [1.165, 1.54) is 5.56 Å². The zero-order valence-corrected chi connectivity index (χ0v) is 15.9. The molecule has 140 valence electrons.